The lowest BCUT2D eigenvalue weighted by Gasteiger charge is -1.99. The van der Waals surface area contributed by atoms with Crippen molar-refractivity contribution in [2.45, 2.75) is 12.7 Å². The molecule has 1 aromatic heterocycles. The fraction of sp³-hybridized carbons (Fsp3) is 0.375. The molecule has 2 heteroatoms. The van der Waals surface area contributed by atoms with E-state index in [-0.39, 0.29) is 0 Å². The Balaban J connectivity index is 2.81. The molecule has 0 aromatic carbocycles. The number of rotatable bonds is 2. The van der Waals surface area contributed by atoms with Crippen LogP contribution in [-0.4, -0.2) is 11.2 Å². The zero-order valence-corrected chi connectivity index (χ0v) is 7.11. The van der Waals surface area contributed by atoms with E-state index in [1.807, 2.05) is 30.9 Å². The largest absolute Gasteiger partial charge is 0.261 e. The number of hydrogen-bond acceptors (Lipinski definition) is 2. The molecule has 1 aromatic rings. The van der Waals surface area contributed by atoms with Crippen molar-refractivity contribution in [1.82, 2.24) is 4.98 Å². The maximum atomic E-state index is 4.18. The third-order valence-electron chi connectivity index (χ3n) is 1.42. The van der Waals surface area contributed by atoms with Gasteiger partial charge in [0.2, 0.25) is 0 Å². The van der Waals surface area contributed by atoms with Crippen LogP contribution in [0.25, 0.3) is 0 Å². The molecule has 1 nitrogen and oxygen atoms in total. The Morgan fingerprint density at radius 3 is 3.00 bits per heavy atom. The SMILES string of the molecule is CSCc1cccnc1C. The monoisotopic (exact) mass is 153 g/mol. The van der Waals surface area contributed by atoms with Gasteiger partial charge in [0, 0.05) is 17.6 Å². The molecule has 1 rings (SSSR count). The highest BCUT2D eigenvalue weighted by Crippen LogP contribution is 2.10. The molecular formula is C8H11NS. The lowest BCUT2D eigenvalue weighted by Crippen LogP contribution is -1.87. The summed E-state index contributed by atoms with van der Waals surface area (Å²) in [7, 11) is 0. The van der Waals surface area contributed by atoms with Crippen LogP contribution in [-0.2, 0) is 5.75 Å². The van der Waals surface area contributed by atoms with E-state index in [4.69, 9.17) is 0 Å². The second-order valence-corrected chi connectivity index (χ2v) is 3.05. The van der Waals surface area contributed by atoms with E-state index in [9.17, 15) is 0 Å². The summed E-state index contributed by atoms with van der Waals surface area (Å²) in [5.74, 6) is 1.07. The van der Waals surface area contributed by atoms with Crippen molar-refractivity contribution in [3.63, 3.8) is 0 Å². The Morgan fingerprint density at radius 2 is 2.40 bits per heavy atom. The van der Waals surface area contributed by atoms with Crippen LogP contribution >= 0.6 is 11.8 Å². The molecule has 0 saturated heterocycles. The Kier molecular flexibility index (Phi) is 2.75. The van der Waals surface area contributed by atoms with Gasteiger partial charge in [-0.2, -0.15) is 11.8 Å². The van der Waals surface area contributed by atoms with E-state index >= 15 is 0 Å². The highest BCUT2D eigenvalue weighted by atomic mass is 32.2. The lowest BCUT2D eigenvalue weighted by molar-refractivity contribution is 1.14. The molecule has 0 unspecified atom stereocenters. The van der Waals surface area contributed by atoms with E-state index in [1.54, 1.807) is 0 Å². The number of hydrogen-bond donors (Lipinski definition) is 0. The van der Waals surface area contributed by atoms with Crippen molar-refractivity contribution in [3.05, 3.63) is 29.6 Å². The van der Waals surface area contributed by atoms with Crippen molar-refractivity contribution in [3.8, 4) is 0 Å². The van der Waals surface area contributed by atoms with Crippen molar-refractivity contribution < 1.29 is 0 Å². The van der Waals surface area contributed by atoms with Crippen LogP contribution in [0.4, 0.5) is 0 Å². The maximum Gasteiger partial charge on any atom is 0.0412 e. The van der Waals surface area contributed by atoms with Crippen LogP contribution in [0.15, 0.2) is 18.3 Å². The van der Waals surface area contributed by atoms with Gasteiger partial charge in [-0.05, 0) is 24.8 Å². The molecule has 0 saturated carbocycles. The number of aryl methyl sites for hydroxylation is 1. The molecule has 0 aliphatic heterocycles. The van der Waals surface area contributed by atoms with E-state index in [0.717, 1.165) is 11.4 Å². The number of pyridine rings is 1. The third kappa shape index (κ3) is 1.74. The minimum Gasteiger partial charge on any atom is -0.261 e. The zero-order valence-electron chi connectivity index (χ0n) is 6.29. The topological polar surface area (TPSA) is 12.9 Å². The first-order chi connectivity index (χ1) is 4.84. The summed E-state index contributed by atoms with van der Waals surface area (Å²) in [5.41, 5.74) is 2.49. The smallest absolute Gasteiger partial charge is 0.0412 e. The van der Waals surface area contributed by atoms with Gasteiger partial charge in [0.1, 0.15) is 0 Å². The summed E-state index contributed by atoms with van der Waals surface area (Å²) < 4.78 is 0. The van der Waals surface area contributed by atoms with Crippen molar-refractivity contribution in [1.29, 1.82) is 0 Å². The third-order valence-corrected chi connectivity index (χ3v) is 2.02. The first kappa shape index (κ1) is 7.61. The first-order valence-corrected chi connectivity index (χ1v) is 4.63. The molecule has 0 fully saturated rings. The summed E-state index contributed by atoms with van der Waals surface area (Å²) in [6.45, 7) is 2.05. The van der Waals surface area contributed by atoms with Gasteiger partial charge >= 0.3 is 0 Å². The first-order valence-electron chi connectivity index (χ1n) is 3.24. The summed E-state index contributed by atoms with van der Waals surface area (Å²) in [4.78, 5) is 4.18. The lowest BCUT2D eigenvalue weighted by atomic mass is 10.2. The number of aromatic nitrogens is 1. The van der Waals surface area contributed by atoms with Gasteiger partial charge in [-0.15, -0.1) is 0 Å². The average molecular weight is 153 g/mol. The molecule has 0 aliphatic rings. The standard InChI is InChI=1S/C8H11NS/c1-7-8(6-10-2)4-3-5-9-7/h3-5H,6H2,1-2H3. The van der Waals surface area contributed by atoms with E-state index < -0.39 is 0 Å². The van der Waals surface area contributed by atoms with E-state index in [0.29, 0.717) is 0 Å². The highest BCUT2D eigenvalue weighted by molar-refractivity contribution is 7.97. The molecule has 10 heavy (non-hydrogen) atoms. The zero-order chi connectivity index (χ0) is 7.40. The van der Waals surface area contributed by atoms with Gasteiger partial charge in [-0.1, -0.05) is 6.07 Å². The normalized spacial score (nSPS) is 9.80. The minimum absolute atomic E-state index is 1.07. The Bertz CT molecular complexity index is 210. The molecule has 0 aliphatic carbocycles. The van der Waals surface area contributed by atoms with Crippen LogP contribution in [0.2, 0.25) is 0 Å². The molecular weight excluding hydrogens is 142 g/mol. The predicted molar refractivity (Wildman–Crippen MR) is 46.2 cm³/mol. The minimum atomic E-state index is 1.07. The van der Waals surface area contributed by atoms with Gasteiger partial charge in [-0.3, -0.25) is 4.98 Å². The van der Waals surface area contributed by atoms with Crippen LogP contribution < -0.4 is 0 Å². The molecule has 54 valence electrons. The van der Waals surface area contributed by atoms with Gasteiger partial charge in [0.25, 0.3) is 0 Å². The number of thioether (sulfide) groups is 1. The van der Waals surface area contributed by atoms with Crippen molar-refractivity contribution in [2.24, 2.45) is 0 Å². The molecule has 0 spiro atoms. The maximum absolute atomic E-state index is 4.18. The molecule has 0 atom stereocenters. The van der Waals surface area contributed by atoms with Crippen LogP contribution in [0.5, 0.6) is 0 Å². The Labute approximate surface area is 65.9 Å². The van der Waals surface area contributed by atoms with Crippen molar-refractivity contribution in [2.75, 3.05) is 6.26 Å². The summed E-state index contributed by atoms with van der Waals surface area (Å²) in [6, 6.07) is 4.11. The van der Waals surface area contributed by atoms with Gasteiger partial charge in [0.05, 0.1) is 0 Å². The molecule has 0 bridgehead atoms. The fourth-order valence-corrected chi connectivity index (χ4v) is 1.44. The van der Waals surface area contributed by atoms with Crippen LogP contribution in [0.1, 0.15) is 11.3 Å². The summed E-state index contributed by atoms with van der Waals surface area (Å²) >= 11 is 1.83. The van der Waals surface area contributed by atoms with Gasteiger partial charge in [0.15, 0.2) is 0 Å². The van der Waals surface area contributed by atoms with Gasteiger partial charge < -0.3 is 0 Å². The highest BCUT2D eigenvalue weighted by Gasteiger charge is 1.94. The van der Waals surface area contributed by atoms with Crippen molar-refractivity contribution >= 4 is 11.8 Å². The van der Waals surface area contributed by atoms with Crippen LogP contribution in [0.3, 0.4) is 0 Å². The molecule has 1 heterocycles. The second kappa shape index (κ2) is 3.62. The quantitative estimate of drug-likeness (QED) is 0.646. The molecule has 0 radical (unpaired) electrons. The van der Waals surface area contributed by atoms with E-state index in [1.165, 1.54) is 5.56 Å². The van der Waals surface area contributed by atoms with Gasteiger partial charge in [-0.25, -0.2) is 0 Å². The van der Waals surface area contributed by atoms with E-state index in [2.05, 4.69) is 17.3 Å². The average Bonchev–Trinajstić information content (AvgIpc) is 1.94. The molecule has 0 amide bonds. The van der Waals surface area contributed by atoms with Crippen LogP contribution in [0, 0.1) is 6.92 Å². The summed E-state index contributed by atoms with van der Waals surface area (Å²) in [5, 5.41) is 0. The Morgan fingerprint density at radius 1 is 1.60 bits per heavy atom. The Hall–Kier alpha value is -0.500. The fourth-order valence-electron chi connectivity index (χ4n) is 0.826. The predicted octanol–water partition coefficient (Wildman–Crippen LogP) is 2.25. The molecule has 0 N–H and O–H groups in total. The number of nitrogens with zero attached hydrogens (tertiary/aromatic N) is 1. The summed E-state index contributed by atoms with van der Waals surface area (Å²) in [6.07, 6.45) is 3.94. The second-order valence-electron chi connectivity index (χ2n) is 2.18.